The van der Waals surface area contributed by atoms with E-state index in [0.29, 0.717) is 31.6 Å². The van der Waals surface area contributed by atoms with E-state index in [2.05, 4.69) is 17.1 Å². The van der Waals surface area contributed by atoms with Crippen molar-refractivity contribution in [3.8, 4) is 0 Å². The highest BCUT2D eigenvalue weighted by Crippen LogP contribution is 2.33. The lowest BCUT2D eigenvalue weighted by Crippen LogP contribution is -2.48. The van der Waals surface area contributed by atoms with Gasteiger partial charge in [0, 0.05) is 31.9 Å². The number of nitrogens with zero attached hydrogens (tertiary/aromatic N) is 2. The monoisotopic (exact) mass is 424 g/mol. The van der Waals surface area contributed by atoms with Gasteiger partial charge in [0.2, 0.25) is 15.9 Å². The molecule has 0 radical (unpaired) electrons. The summed E-state index contributed by atoms with van der Waals surface area (Å²) in [6.07, 6.45) is 1.33. The van der Waals surface area contributed by atoms with Crippen LogP contribution in [0.3, 0.4) is 0 Å². The quantitative estimate of drug-likeness (QED) is 0.741. The largest absolute Gasteiger partial charge is 0.324 e. The first-order valence-corrected chi connectivity index (χ1v) is 9.72. The second-order valence-electron chi connectivity index (χ2n) is 6.48. The number of piperazine rings is 1. The second kappa shape index (κ2) is 8.86. The maximum atomic E-state index is 12.8. The maximum absolute atomic E-state index is 12.8. The summed E-state index contributed by atoms with van der Waals surface area (Å²) in [5.74, 6) is -0.256. The number of halogens is 2. The van der Waals surface area contributed by atoms with E-state index in [1.54, 1.807) is 18.2 Å². The molecule has 1 aliphatic heterocycles. The Bertz CT molecular complexity index is 733. The minimum absolute atomic E-state index is 0. The van der Waals surface area contributed by atoms with E-state index >= 15 is 0 Å². The third-order valence-electron chi connectivity index (χ3n) is 4.75. The Hall–Kier alpha value is -0.900. The van der Waals surface area contributed by atoms with Crippen molar-refractivity contribution in [2.24, 2.45) is 5.73 Å². The summed E-state index contributed by atoms with van der Waals surface area (Å²) in [7, 11) is -3.55. The molecule has 1 aromatic rings. The fraction of sp³-hybridized carbons (Fsp3) is 0.562. The number of hydrogen-bond acceptors (Lipinski definition) is 5. The van der Waals surface area contributed by atoms with Crippen molar-refractivity contribution in [2.75, 3.05) is 38.0 Å². The number of hydrogen-bond donors (Lipinski definition) is 2. The molecular formula is C16H26Cl2N4O3S. The Morgan fingerprint density at radius 2 is 1.81 bits per heavy atom. The predicted molar refractivity (Wildman–Crippen MR) is 107 cm³/mol. The second-order valence-corrected chi connectivity index (χ2v) is 8.41. The molecule has 26 heavy (non-hydrogen) atoms. The molecule has 148 valence electrons. The number of nitrogens with two attached hydrogens (primary N) is 1. The van der Waals surface area contributed by atoms with Crippen molar-refractivity contribution < 1.29 is 13.2 Å². The van der Waals surface area contributed by atoms with Gasteiger partial charge >= 0.3 is 0 Å². The van der Waals surface area contributed by atoms with Gasteiger partial charge in [-0.3, -0.25) is 4.79 Å². The molecule has 0 bridgehead atoms. The number of carbonyl (C=O) groups excluding carboxylic acids is 1. The number of sulfonamides is 1. The van der Waals surface area contributed by atoms with Crippen LogP contribution in [-0.2, 0) is 14.8 Å². The van der Waals surface area contributed by atoms with Crippen LogP contribution in [0.2, 0.25) is 0 Å². The zero-order chi connectivity index (χ0) is 17.4. The standard InChI is InChI=1S/C16H24N4O3S.2ClH/c1-2-19-8-10-20(11-9-19)24(22,23)14-5-3-4-13(12-14)18-15(21)16(17)6-7-16;;/h3-5,12H,2,6-11,17H2,1H3,(H,18,21);2*1H. The molecule has 3 N–H and O–H groups in total. The van der Waals surface area contributed by atoms with Gasteiger partial charge in [0.1, 0.15) is 0 Å². The summed E-state index contributed by atoms with van der Waals surface area (Å²) < 4.78 is 27.1. The van der Waals surface area contributed by atoms with Gasteiger partial charge in [-0.1, -0.05) is 13.0 Å². The van der Waals surface area contributed by atoms with E-state index in [1.807, 2.05) is 0 Å². The lowest BCUT2D eigenvalue weighted by Gasteiger charge is -2.33. The highest BCUT2D eigenvalue weighted by molar-refractivity contribution is 7.89. The zero-order valence-corrected chi connectivity index (χ0v) is 17.1. The number of anilines is 1. The molecule has 1 saturated carbocycles. The fourth-order valence-electron chi connectivity index (χ4n) is 2.79. The van der Waals surface area contributed by atoms with E-state index in [1.165, 1.54) is 10.4 Å². The molecule has 1 aromatic carbocycles. The van der Waals surface area contributed by atoms with Gasteiger partial charge in [-0.2, -0.15) is 4.31 Å². The van der Waals surface area contributed by atoms with Crippen LogP contribution < -0.4 is 11.1 Å². The van der Waals surface area contributed by atoms with E-state index in [-0.39, 0.29) is 35.6 Å². The van der Waals surface area contributed by atoms with Crippen LogP contribution in [0.4, 0.5) is 5.69 Å². The minimum Gasteiger partial charge on any atom is -0.324 e. The molecule has 0 aromatic heterocycles. The van der Waals surface area contributed by atoms with Crippen LogP contribution in [0.15, 0.2) is 29.2 Å². The summed E-state index contributed by atoms with van der Waals surface area (Å²) in [6.45, 7) is 5.44. The Labute approximate surface area is 167 Å². The molecule has 1 saturated heterocycles. The molecule has 1 aliphatic carbocycles. The van der Waals surface area contributed by atoms with Crippen LogP contribution in [0, 0.1) is 0 Å². The van der Waals surface area contributed by atoms with Crippen LogP contribution in [0.5, 0.6) is 0 Å². The van der Waals surface area contributed by atoms with E-state index < -0.39 is 15.6 Å². The van der Waals surface area contributed by atoms with E-state index in [4.69, 9.17) is 5.73 Å². The molecule has 0 atom stereocenters. The number of nitrogens with one attached hydrogen (secondary N) is 1. The summed E-state index contributed by atoms with van der Waals surface area (Å²) in [6, 6.07) is 6.39. The molecule has 1 heterocycles. The lowest BCUT2D eigenvalue weighted by atomic mass is 10.2. The highest BCUT2D eigenvalue weighted by atomic mass is 35.5. The topological polar surface area (TPSA) is 95.7 Å². The molecule has 2 aliphatic rings. The predicted octanol–water partition coefficient (Wildman–Crippen LogP) is 1.29. The first-order chi connectivity index (χ1) is 11.3. The molecule has 3 rings (SSSR count). The fourth-order valence-corrected chi connectivity index (χ4v) is 4.26. The van der Waals surface area contributed by atoms with Gasteiger partial charge < -0.3 is 16.0 Å². The molecule has 10 heteroatoms. The van der Waals surface area contributed by atoms with Crippen LogP contribution in [0.25, 0.3) is 0 Å². The van der Waals surface area contributed by atoms with Crippen molar-refractivity contribution in [3.05, 3.63) is 24.3 Å². The maximum Gasteiger partial charge on any atom is 0.244 e. The summed E-state index contributed by atoms with van der Waals surface area (Å²) >= 11 is 0. The Kier molecular flexibility index (Phi) is 7.88. The van der Waals surface area contributed by atoms with Gasteiger partial charge in [-0.25, -0.2) is 8.42 Å². The Morgan fingerprint density at radius 1 is 1.19 bits per heavy atom. The molecule has 2 fully saturated rings. The van der Waals surface area contributed by atoms with Gasteiger partial charge in [0.25, 0.3) is 0 Å². The highest BCUT2D eigenvalue weighted by Gasteiger charge is 2.46. The number of carbonyl (C=O) groups is 1. The molecule has 0 unspecified atom stereocenters. The van der Waals surface area contributed by atoms with Crippen molar-refractivity contribution in [2.45, 2.75) is 30.2 Å². The van der Waals surface area contributed by atoms with Crippen molar-refractivity contribution in [1.82, 2.24) is 9.21 Å². The normalized spacial score (nSPS) is 19.8. The number of rotatable bonds is 5. The van der Waals surface area contributed by atoms with Crippen molar-refractivity contribution in [3.63, 3.8) is 0 Å². The van der Waals surface area contributed by atoms with Gasteiger partial charge in [-0.15, -0.1) is 24.8 Å². The Morgan fingerprint density at radius 3 is 2.35 bits per heavy atom. The van der Waals surface area contributed by atoms with E-state index in [0.717, 1.165) is 19.6 Å². The molecular weight excluding hydrogens is 399 g/mol. The summed E-state index contributed by atoms with van der Waals surface area (Å²) in [5, 5.41) is 2.72. The van der Waals surface area contributed by atoms with Crippen molar-refractivity contribution >= 4 is 46.4 Å². The number of amides is 1. The number of benzene rings is 1. The third-order valence-corrected chi connectivity index (χ3v) is 6.64. The third kappa shape index (κ3) is 4.88. The summed E-state index contributed by atoms with van der Waals surface area (Å²) in [5.41, 5.74) is 5.54. The van der Waals surface area contributed by atoms with E-state index in [9.17, 15) is 13.2 Å². The zero-order valence-electron chi connectivity index (χ0n) is 14.7. The lowest BCUT2D eigenvalue weighted by molar-refractivity contribution is -0.118. The first-order valence-electron chi connectivity index (χ1n) is 8.28. The smallest absolute Gasteiger partial charge is 0.244 e. The van der Waals surface area contributed by atoms with Crippen molar-refractivity contribution in [1.29, 1.82) is 0 Å². The van der Waals surface area contributed by atoms with Gasteiger partial charge in [0.05, 0.1) is 10.4 Å². The van der Waals surface area contributed by atoms with Crippen LogP contribution >= 0.6 is 24.8 Å². The Balaban J connectivity index is 0.00000169. The number of likely N-dealkylation sites (N-methyl/N-ethyl adjacent to an activating group) is 1. The van der Waals surface area contributed by atoms with Gasteiger partial charge in [-0.05, 0) is 37.6 Å². The first kappa shape index (κ1) is 23.1. The summed E-state index contributed by atoms with van der Waals surface area (Å²) in [4.78, 5) is 14.4. The molecule has 1 amide bonds. The minimum atomic E-state index is -3.55. The van der Waals surface area contributed by atoms with Crippen LogP contribution in [-0.4, -0.2) is 61.8 Å². The SMILES string of the molecule is CCN1CCN(S(=O)(=O)c2cccc(NC(=O)C3(N)CC3)c2)CC1.Cl.Cl. The average Bonchev–Trinajstić information content (AvgIpc) is 3.34. The van der Waals surface area contributed by atoms with Gasteiger partial charge in [0.15, 0.2) is 0 Å². The molecule has 7 nitrogen and oxygen atoms in total. The average molecular weight is 425 g/mol. The van der Waals surface area contributed by atoms with Crippen LogP contribution in [0.1, 0.15) is 19.8 Å². The molecule has 0 spiro atoms.